The van der Waals surface area contributed by atoms with E-state index in [1.807, 2.05) is 49.4 Å². The summed E-state index contributed by atoms with van der Waals surface area (Å²) in [7, 11) is 0. The van der Waals surface area contributed by atoms with Crippen LogP contribution in [0, 0.1) is 11.8 Å². The minimum absolute atomic E-state index is 0.00713. The molecule has 1 aromatic heterocycles. The van der Waals surface area contributed by atoms with Crippen LogP contribution < -0.4 is 0 Å². The Morgan fingerprint density at radius 1 is 1.10 bits per heavy atom. The molecule has 11 heteroatoms. The molecule has 0 aliphatic carbocycles. The summed E-state index contributed by atoms with van der Waals surface area (Å²) in [5.74, 6) is -2.19. The van der Waals surface area contributed by atoms with Crippen molar-refractivity contribution in [3.05, 3.63) is 48.6 Å². The first-order valence-corrected chi connectivity index (χ1v) is 14.4. The second-order valence-electron chi connectivity index (χ2n) is 10.9. The Bertz CT molecular complexity index is 1360. The van der Waals surface area contributed by atoms with Gasteiger partial charge in [-0.3, -0.25) is 14.4 Å². The molecular weight excluding hydrogens is 518 g/mol. The van der Waals surface area contributed by atoms with Crippen LogP contribution in [0.4, 0.5) is 0 Å². The van der Waals surface area contributed by atoms with Gasteiger partial charge >= 0.3 is 5.97 Å². The van der Waals surface area contributed by atoms with Crippen LogP contribution in [-0.4, -0.2) is 89.5 Å². The Hall–Kier alpha value is -3.18. The van der Waals surface area contributed by atoms with Crippen LogP contribution in [0.1, 0.15) is 32.6 Å². The van der Waals surface area contributed by atoms with Crippen molar-refractivity contribution in [2.45, 2.75) is 54.8 Å². The quantitative estimate of drug-likeness (QED) is 0.330. The number of carbonyl (C=O) groups excluding carboxylic acids is 3. The van der Waals surface area contributed by atoms with E-state index in [0.717, 1.165) is 23.9 Å². The van der Waals surface area contributed by atoms with Gasteiger partial charge in [0.25, 0.3) is 0 Å². The Morgan fingerprint density at radius 3 is 2.79 bits per heavy atom. The van der Waals surface area contributed by atoms with Crippen LogP contribution in [0.2, 0.25) is 0 Å². The van der Waals surface area contributed by atoms with Crippen molar-refractivity contribution in [1.29, 1.82) is 0 Å². The third-order valence-corrected chi connectivity index (χ3v) is 10.2. The molecule has 39 heavy (non-hydrogen) atoms. The first kappa shape index (κ1) is 26.1. The highest BCUT2D eigenvalue weighted by molar-refractivity contribution is 8.02. The smallest absolute Gasteiger partial charge is 0.311 e. The van der Waals surface area contributed by atoms with Crippen molar-refractivity contribution in [3.63, 3.8) is 0 Å². The summed E-state index contributed by atoms with van der Waals surface area (Å²) in [5.41, 5.74) is 1.56. The largest absolute Gasteiger partial charge is 0.465 e. The minimum atomic E-state index is -0.922. The SMILES string of the molecule is C[C@]12/C=C\CCCOC(=O)[C@H]1[C@H]1C(=O)N(CCCCO)C3C(=O)N(Cn4nnc5ccccc54)CC=C[C@@]31S2. The van der Waals surface area contributed by atoms with Crippen molar-refractivity contribution in [3.8, 4) is 0 Å². The third-order valence-electron chi connectivity index (χ3n) is 8.37. The predicted octanol–water partition coefficient (Wildman–Crippen LogP) is 2.14. The summed E-state index contributed by atoms with van der Waals surface area (Å²) in [4.78, 5) is 45.5. The molecule has 0 radical (unpaired) electrons. The Labute approximate surface area is 231 Å². The van der Waals surface area contributed by atoms with Gasteiger partial charge in [-0.25, -0.2) is 4.68 Å². The number of hydrogen-bond acceptors (Lipinski definition) is 8. The number of hydrogen-bond donors (Lipinski definition) is 1. The maximum atomic E-state index is 14.4. The fourth-order valence-corrected chi connectivity index (χ4v) is 8.78. The summed E-state index contributed by atoms with van der Waals surface area (Å²) >= 11 is 1.54. The van der Waals surface area contributed by atoms with Gasteiger partial charge in [0.05, 0.1) is 28.7 Å². The van der Waals surface area contributed by atoms with Gasteiger partial charge < -0.3 is 19.6 Å². The number of carbonyl (C=O) groups is 3. The standard InChI is InChI=1S/C28H33N5O5S/c1-27-12-5-2-8-17-38-26(37)22(27)21-24(35)32(15-6-7-16-34)23-25(36)31(14-9-13-28(21,23)39-27)18-33-20-11-4-3-10-19(20)29-30-33/h3-5,9-13,21-23,34H,2,6-8,14-18H2,1H3/b12-5-/t21-,22+,23?,27-,28-/m0/s1. The molecule has 5 atom stereocenters. The lowest BCUT2D eigenvalue weighted by Crippen LogP contribution is -2.53. The van der Waals surface area contributed by atoms with Crippen LogP contribution in [0.3, 0.4) is 0 Å². The molecule has 1 unspecified atom stereocenters. The number of aliphatic hydroxyl groups is 1. The molecule has 2 amide bonds. The number of thioether (sulfide) groups is 1. The lowest BCUT2D eigenvalue weighted by molar-refractivity contribution is -0.154. The normalized spacial score (nSPS) is 33.2. The summed E-state index contributed by atoms with van der Waals surface area (Å²) in [6.45, 7) is 3.17. The number of aliphatic hydroxyl groups excluding tert-OH is 1. The van der Waals surface area contributed by atoms with E-state index in [1.54, 1.807) is 26.2 Å². The topological polar surface area (TPSA) is 118 Å². The molecule has 10 nitrogen and oxygen atoms in total. The molecule has 1 spiro atoms. The predicted molar refractivity (Wildman–Crippen MR) is 145 cm³/mol. The van der Waals surface area contributed by atoms with Gasteiger partial charge in [0.1, 0.15) is 18.2 Å². The van der Waals surface area contributed by atoms with E-state index >= 15 is 0 Å². The first-order valence-electron chi connectivity index (χ1n) is 13.6. The van der Waals surface area contributed by atoms with Gasteiger partial charge in [0.15, 0.2) is 0 Å². The Morgan fingerprint density at radius 2 is 1.95 bits per heavy atom. The molecule has 2 saturated heterocycles. The van der Waals surface area contributed by atoms with E-state index < -0.39 is 27.4 Å². The van der Waals surface area contributed by atoms with E-state index in [1.165, 1.54) is 0 Å². The fraction of sp³-hybridized carbons (Fsp3) is 0.536. The second-order valence-corrected chi connectivity index (χ2v) is 12.6. The van der Waals surface area contributed by atoms with Gasteiger partial charge in [-0.1, -0.05) is 41.7 Å². The van der Waals surface area contributed by atoms with Crippen molar-refractivity contribution in [2.75, 3.05) is 26.3 Å². The third kappa shape index (κ3) is 4.17. The molecule has 2 fully saturated rings. The number of ether oxygens (including phenoxy) is 1. The number of rotatable bonds is 6. The van der Waals surface area contributed by atoms with Gasteiger partial charge in [0, 0.05) is 24.4 Å². The highest BCUT2D eigenvalue weighted by Crippen LogP contribution is 2.65. The lowest BCUT2D eigenvalue weighted by atomic mass is 9.74. The molecule has 0 bridgehead atoms. The van der Waals surface area contributed by atoms with E-state index in [0.29, 0.717) is 32.5 Å². The zero-order valence-electron chi connectivity index (χ0n) is 21.9. The molecule has 4 aliphatic rings. The van der Waals surface area contributed by atoms with Crippen molar-refractivity contribution >= 4 is 40.6 Å². The number of amides is 2. The second kappa shape index (κ2) is 10.1. The zero-order valence-corrected chi connectivity index (χ0v) is 22.8. The van der Waals surface area contributed by atoms with Crippen LogP contribution in [-0.2, 0) is 25.8 Å². The highest BCUT2D eigenvalue weighted by Gasteiger charge is 2.73. The Kier molecular flexibility index (Phi) is 6.74. The van der Waals surface area contributed by atoms with Gasteiger partial charge in [-0.05, 0) is 44.7 Å². The van der Waals surface area contributed by atoms with Crippen molar-refractivity contribution < 1.29 is 24.2 Å². The molecule has 2 aromatic rings. The number of nitrogens with zero attached hydrogens (tertiary/aromatic N) is 5. The van der Waals surface area contributed by atoms with E-state index in [4.69, 9.17) is 4.74 Å². The molecule has 1 N–H and O–H groups in total. The highest BCUT2D eigenvalue weighted by atomic mass is 32.2. The minimum Gasteiger partial charge on any atom is -0.465 e. The average molecular weight is 552 g/mol. The number of likely N-dealkylation sites (tertiary alicyclic amines) is 1. The Balaban J connectivity index is 1.41. The first-order chi connectivity index (χ1) is 18.9. The summed E-state index contributed by atoms with van der Waals surface area (Å²) in [6, 6.07) is 6.79. The maximum absolute atomic E-state index is 14.4. The summed E-state index contributed by atoms with van der Waals surface area (Å²) < 4.78 is 5.75. The number of aromatic nitrogens is 3. The summed E-state index contributed by atoms with van der Waals surface area (Å²) in [5, 5.41) is 17.9. The molecular formula is C28H33N5O5S. The average Bonchev–Trinajstić information content (AvgIpc) is 3.49. The molecule has 4 aliphatic heterocycles. The number of para-hydroxylation sites is 1. The van der Waals surface area contributed by atoms with Crippen LogP contribution in [0.25, 0.3) is 11.0 Å². The number of esters is 1. The van der Waals surface area contributed by atoms with Crippen LogP contribution in [0.5, 0.6) is 0 Å². The fourth-order valence-electron chi connectivity index (χ4n) is 6.63. The van der Waals surface area contributed by atoms with Crippen molar-refractivity contribution in [2.24, 2.45) is 11.8 Å². The molecule has 206 valence electrons. The van der Waals surface area contributed by atoms with Crippen molar-refractivity contribution in [1.82, 2.24) is 24.8 Å². The van der Waals surface area contributed by atoms with Crippen LogP contribution >= 0.6 is 11.8 Å². The maximum Gasteiger partial charge on any atom is 0.311 e. The van der Waals surface area contributed by atoms with E-state index in [2.05, 4.69) is 16.4 Å². The van der Waals surface area contributed by atoms with Gasteiger partial charge in [0.2, 0.25) is 11.8 Å². The molecule has 1 aromatic carbocycles. The van der Waals surface area contributed by atoms with Gasteiger partial charge in [-0.15, -0.1) is 16.9 Å². The van der Waals surface area contributed by atoms with Gasteiger partial charge in [-0.2, -0.15) is 0 Å². The van der Waals surface area contributed by atoms with E-state index in [-0.39, 0.29) is 31.1 Å². The van der Waals surface area contributed by atoms with E-state index in [9.17, 15) is 19.5 Å². The number of cyclic esters (lactones) is 1. The monoisotopic (exact) mass is 551 g/mol. The lowest BCUT2D eigenvalue weighted by Gasteiger charge is -2.36. The number of unbranched alkanes of at least 4 members (excludes halogenated alkanes) is 1. The summed E-state index contributed by atoms with van der Waals surface area (Å²) in [6.07, 6.45) is 10.7. The van der Waals surface area contributed by atoms with Crippen LogP contribution in [0.15, 0.2) is 48.6 Å². The molecule has 6 rings (SSSR count). The number of allylic oxidation sites excluding steroid dienone is 1. The molecule has 5 heterocycles. The number of benzene rings is 1. The zero-order chi connectivity index (χ0) is 27.2. The molecule has 0 saturated carbocycles. The number of fused-ring (bicyclic) bond motifs is 3.